The molecule has 2 aliphatic carbocycles. The number of nitrogens with zero attached hydrogens (tertiary/aromatic N) is 2. The van der Waals surface area contributed by atoms with Gasteiger partial charge in [0.2, 0.25) is 0 Å². The fraction of sp³-hybridized carbons (Fsp3) is 0.500. The molecule has 0 bridgehead atoms. The molecule has 0 aromatic heterocycles. The van der Waals surface area contributed by atoms with Crippen molar-refractivity contribution < 1.29 is 18.9 Å². The van der Waals surface area contributed by atoms with Gasteiger partial charge in [0.15, 0.2) is 0 Å². The van der Waals surface area contributed by atoms with Gasteiger partial charge in [-0.15, -0.1) is 11.4 Å². The van der Waals surface area contributed by atoms with E-state index < -0.39 is 0 Å². The molecule has 3 heteroatoms. The van der Waals surface area contributed by atoms with E-state index in [1.165, 1.54) is 44.2 Å². The minimum atomic E-state index is 0. The van der Waals surface area contributed by atoms with Gasteiger partial charge in [-0.25, -0.2) is 0 Å². The molecule has 0 radical (unpaired) electrons. The van der Waals surface area contributed by atoms with E-state index in [-0.39, 0.29) is 18.9 Å². The summed E-state index contributed by atoms with van der Waals surface area (Å²) in [4.78, 5) is 5.03. The fourth-order valence-electron chi connectivity index (χ4n) is 3.07. The molecule has 0 unspecified atom stereocenters. The summed E-state index contributed by atoms with van der Waals surface area (Å²) in [6.45, 7) is 0. The van der Waals surface area contributed by atoms with E-state index in [9.17, 15) is 0 Å². The third-order valence-corrected chi connectivity index (χ3v) is 4.17. The standard InChI is InChI=1S/C18H23N2.Li/c1-3-9-15(10-4-1)19-17-13-7-8-14-18(17)20-16-11-5-2-6-12-16;/h1,3-4,9-10,13,16H,2,5-8,11-12,14H2;/q-1;+1. The first-order chi connectivity index (χ1) is 9.92. The van der Waals surface area contributed by atoms with Crippen LogP contribution < -0.4 is 18.9 Å². The van der Waals surface area contributed by atoms with Gasteiger partial charge in [0.05, 0.1) is 6.04 Å². The minimum Gasteiger partial charge on any atom is -0.657 e. The molecule has 21 heavy (non-hydrogen) atoms. The predicted octanol–water partition coefficient (Wildman–Crippen LogP) is 2.54. The number of hydrogen-bond donors (Lipinski definition) is 0. The molecule has 0 amide bonds. The van der Waals surface area contributed by atoms with Crippen LogP contribution >= 0.6 is 0 Å². The van der Waals surface area contributed by atoms with Crippen LogP contribution in [0.25, 0.3) is 5.32 Å². The number of hydrogen-bond acceptors (Lipinski definition) is 1. The van der Waals surface area contributed by atoms with Crippen molar-refractivity contribution in [2.24, 2.45) is 4.99 Å². The summed E-state index contributed by atoms with van der Waals surface area (Å²) >= 11 is 0. The van der Waals surface area contributed by atoms with Crippen LogP contribution in [0.3, 0.4) is 0 Å². The molecule has 0 atom stereocenters. The fourth-order valence-corrected chi connectivity index (χ4v) is 3.07. The predicted molar refractivity (Wildman–Crippen MR) is 85.7 cm³/mol. The molecule has 106 valence electrons. The third kappa shape index (κ3) is 4.76. The summed E-state index contributed by atoms with van der Waals surface area (Å²) in [6, 6.07) is 10.8. The van der Waals surface area contributed by atoms with Crippen molar-refractivity contribution in [3.8, 4) is 0 Å². The second kappa shape index (κ2) is 8.47. The Morgan fingerprint density at radius 2 is 1.71 bits per heavy atom. The van der Waals surface area contributed by atoms with E-state index in [0.29, 0.717) is 6.04 Å². The first-order valence-corrected chi connectivity index (χ1v) is 7.96. The Morgan fingerprint density at radius 1 is 0.952 bits per heavy atom. The van der Waals surface area contributed by atoms with Gasteiger partial charge in [-0.1, -0.05) is 55.7 Å². The Bertz CT molecular complexity index is 487. The summed E-state index contributed by atoms with van der Waals surface area (Å²) in [5.41, 5.74) is 3.40. The monoisotopic (exact) mass is 274 g/mol. The van der Waals surface area contributed by atoms with Gasteiger partial charge in [0.25, 0.3) is 0 Å². The van der Waals surface area contributed by atoms with Crippen LogP contribution in [0.2, 0.25) is 0 Å². The second-order valence-corrected chi connectivity index (χ2v) is 5.80. The van der Waals surface area contributed by atoms with Gasteiger partial charge in [0.1, 0.15) is 0 Å². The summed E-state index contributed by atoms with van der Waals surface area (Å²) in [7, 11) is 0. The van der Waals surface area contributed by atoms with Crippen LogP contribution in [0.15, 0.2) is 47.1 Å². The quantitative estimate of drug-likeness (QED) is 0.757. The van der Waals surface area contributed by atoms with E-state index in [0.717, 1.165) is 24.2 Å². The van der Waals surface area contributed by atoms with Crippen molar-refractivity contribution in [3.05, 3.63) is 47.4 Å². The maximum absolute atomic E-state index is 5.03. The molecule has 1 fully saturated rings. The van der Waals surface area contributed by atoms with Crippen molar-refractivity contribution in [1.82, 2.24) is 0 Å². The molecular weight excluding hydrogens is 251 g/mol. The van der Waals surface area contributed by atoms with Crippen LogP contribution in [0.4, 0.5) is 5.69 Å². The molecule has 1 aromatic carbocycles. The van der Waals surface area contributed by atoms with Crippen molar-refractivity contribution in [3.63, 3.8) is 0 Å². The number of rotatable bonds is 3. The molecule has 0 saturated heterocycles. The van der Waals surface area contributed by atoms with Crippen LogP contribution in [0.5, 0.6) is 0 Å². The van der Waals surface area contributed by atoms with Crippen LogP contribution in [-0.4, -0.2) is 11.8 Å². The van der Waals surface area contributed by atoms with Crippen LogP contribution in [0, 0.1) is 0 Å². The topological polar surface area (TPSA) is 26.5 Å². The van der Waals surface area contributed by atoms with E-state index in [1.54, 1.807) is 0 Å². The second-order valence-electron chi connectivity index (χ2n) is 5.80. The SMILES string of the molecule is C1=C([N-]c2ccccc2)C(=NC2CCCCC2)CCC1.[Li+]. The molecule has 2 nitrogen and oxygen atoms in total. The molecule has 0 N–H and O–H groups in total. The van der Waals surface area contributed by atoms with Gasteiger partial charge in [-0.3, -0.25) is 4.99 Å². The molecule has 0 heterocycles. The molecule has 0 spiro atoms. The van der Waals surface area contributed by atoms with Gasteiger partial charge in [0, 0.05) is 5.71 Å². The van der Waals surface area contributed by atoms with Gasteiger partial charge in [-0.05, 0) is 32.1 Å². The summed E-state index contributed by atoms with van der Waals surface area (Å²) in [5, 5.41) is 4.80. The van der Waals surface area contributed by atoms with Crippen molar-refractivity contribution in [2.75, 3.05) is 0 Å². The number of para-hydroxylation sites is 1. The van der Waals surface area contributed by atoms with Crippen LogP contribution in [-0.2, 0) is 0 Å². The summed E-state index contributed by atoms with van der Waals surface area (Å²) in [5.74, 6) is 0. The van der Waals surface area contributed by atoms with E-state index in [1.807, 2.05) is 18.2 Å². The first kappa shape index (κ1) is 16.4. The van der Waals surface area contributed by atoms with Gasteiger partial charge in [-0.2, -0.15) is 0 Å². The first-order valence-electron chi connectivity index (χ1n) is 7.96. The molecular formula is C18H23LiN2. The molecule has 1 saturated carbocycles. The van der Waals surface area contributed by atoms with Gasteiger partial charge >= 0.3 is 18.9 Å². The molecule has 0 aliphatic heterocycles. The molecule has 1 aromatic rings. The summed E-state index contributed by atoms with van der Waals surface area (Å²) < 4.78 is 0. The van der Waals surface area contributed by atoms with Crippen molar-refractivity contribution >= 4 is 11.4 Å². The maximum atomic E-state index is 5.03. The smallest absolute Gasteiger partial charge is 0.657 e. The Balaban J connectivity index is 0.00000161. The average molecular weight is 274 g/mol. The summed E-state index contributed by atoms with van der Waals surface area (Å²) in [6.07, 6.45) is 12.3. The van der Waals surface area contributed by atoms with Crippen molar-refractivity contribution in [2.45, 2.75) is 57.4 Å². The Kier molecular flexibility index (Phi) is 6.61. The van der Waals surface area contributed by atoms with Crippen LogP contribution in [0.1, 0.15) is 51.4 Å². The number of benzene rings is 1. The Labute approximate surface area is 140 Å². The average Bonchev–Trinajstić information content (AvgIpc) is 2.51. The van der Waals surface area contributed by atoms with Gasteiger partial charge < -0.3 is 5.32 Å². The van der Waals surface area contributed by atoms with E-state index >= 15 is 0 Å². The zero-order valence-corrected chi connectivity index (χ0v) is 13.1. The molecule has 3 rings (SSSR count). The number of aliphatic imine (C=N–C) groups is 1. The largest absolute Gasteiger partial charge is 1.00 e. The normalized spacial score (nSPS) is 21.5. The minimum absolute atomic E-state index is 0. The number of allylic oxidation sites excluding steroid dienone is 2. The Hall–Kier alpha value is -0.973. The Morgan fingerprint density at radius 3 is 2.48 bits per heavy atom. The zero-order valence-electron chi connectivity index (χ0n) is 13.1. The zero-order chi connectivity index (χ0) is 13.6. The molecule has 2 aliphatic rings. The van der Waals surface area contributed by atoms with E-state index in [4.69, 9.17) is 10.3 Å². The third-order valence-electron chi connectivity index (χ3n) is 4.17. The van der Waals surface area contributed by atoms with Crippen molar-refractivity contribution in [1.29, 1.82) is 0 Å². The maximum Gasteiger partial charge on any atom is 1.00 e. The van der Waals surface area contributed by atoms with E-state index in [2.05, 4.69) is 18.2 Å².